The van der Waals surface area contributed by atoms with Crippen LogP contribution in [-0.4, -0.2) is 75.5 Å². The van der Waals surface area contributed by atoms with Crippen molar-refractivity contribution in [1.82, 2.24) is 0 Å². The van der Waals surface area contributed by atoms with Gasteiger partial charge in [-0.25, -0.2) is 0 Å². The van der Waals surface area contributed by atoms with E-state index in [0.29, 0.717) is 12.8 Å². The van der Waals surface area contributed by atoms with Crippen LogP contribution in [0.4, 0.5) is 0 Å². The molecule has 0 heterocycles. The number of likely N-dealkylation sites (N-methyl/N-ethyl adjacent to an activating group) is 1. The number of carbonyl (C=O) groups is 3. The lowest BCUT2D eigenvalue weighted by Crippen LogP contribution is -2.55. The molecule has 0 rings (SSSR count). The molecule has 2 atom stereocenters. The molecule has 0 aromatic carbocycles. The first-order valence-electron chi connectivity index (χ1n) is 26.7. The van der Waals surface area contributed by atoms with Crippen molar-refractivity contribution in [2.45, 2.75) is 251 Å². The molecule has 0 bridgehead atoms. The van der Waals surface area contributed by atoms with E-state index in [1.807, 2.05) is 0 Å². The summed E-state index contributed by atoms with van der Waals surface area (Å²) in [4.78, 5) is 37.1. The highest BCUT2D eigenvalue weighted by molar-refractivity contribution is 5.70. The van der Waals surface area contributed by atoms with E-state index in [9.17, 15) is 19.5 Å². The molecular weight excluding hydrogens is 799 g/mol. The summed E-state index contributed by atoms with van der Waals surface area (Å²) >= 11 is 0. The molecule has 0 spiro atoms. The van der Waals surface area contributed by atoms with E-state index in [0.717, 1.165) is 70.6 Å². The van der Waals surface area contributed by atoms with Gasteiger partial charge in [0.1, 0.15) is 12.6 Å². The van der Waals surface area contributed by atoms with Crippen LogP contribution >= 0.6 is 0 Å². The second-order valence-corrected chi connectivity index (χ2v) is 19.1. The molecule has 0 N–H and O–H groups in total. The molecule has 0 saturated heterocycles. The SMILES string of the molecule is CC/C=C/C/C=C/C/C=C/C/C=C/CCCCCCCCCCCC(=O)OC(COCCC(C(=O)[O-])[N+](C)(C)C)COC(=O)CCCCCCCCCCCCCCCCCCCC. The van der Waals surface area contributed by atoms with E-state index in [1.54, 1.807) is 21.1 Å². The molecular formula is C56H101NO7. The maximum Gasteiger partial charge on any atom is 0.306 e. The number of carbonyl (C=O) groups excluding carboxylic acids is 3. The second-order valence-electron chi connectivity index (χ2n) is 19.1. The first kappa shape index (κ1) is 61.3. The van der Waals surface area contributed by atoms with Gasteiger partial charge in [0.15, 0.2) is 6.10 Å². The average molecular weight is 900 g/mol. The summed E-state index contributed by atoms with van der Waals surface area (Å²) in [7, 11) is 5.42. The number of esters is 2. The van der Waals surface area contributed by atoms with Gasteiger partial charge in [0.05, 0.1) is 40.3 Å². The van der Waals surface area contributed by atoms with Crippen molar-refractivity contribution >= 4 is 17.9 Å². The third-order valence-corrected chi connectivity index (χ3v) is 12.0. The Labute approximate surface area is 395 Å². The van der Waals surface area contributed by atoms with Crippen LogP contribution in [0.3, 0.4) is 0 Å². The predicted octanol–water partition coefficient (Wildman–Crippen LogP) is 14.2. The molecule has 64 heavy (non-hydrogen) atoms. The first-order chi connectivity index (χ1) is 31.1. The zero-order valence-corrected chi connectivity index (χ0v) is 42.4. The number of carboxylic acid groups (broad SMARTS) is 1. The molecule has 0 saturated carbocycles. The monoisotopic (exact) mass is 900 g/mol. The standard InChI is InChI=1S/C56H101NO7/c1-6-8-10-12-14-16-18-20-22-24-26-27-28-29-31-33-35-37-39-41-43-45-47-55(59)64-52(50-62-49-48-53(56(60)61)57(3,4)5)51-63-54(58)46-44-42-40-38-36-34-32-30-25-23-21-19-17-15-13-11-9-7-2/h8,10,14,16,20,22,26-27,52-53H,6-7,9,11-13,15,17-19,21,23-25,28-51H2,1-5H3/b10-8+,16-14+,22-20+,27-26+. The molecule has 0 aromatic heterocycles. The maximum absolute atomic E-state index is 12.8. The van der Waals surface area contributed by atoms with Crippen LogP contribution in [-0.2, 0) is 28.6 Å². The van der Waals surface area contributed by atoms with Crippen molar-refractivity contribution in [1.29, 1.82) is 0 Å². The Morgan fingerprint density at radius 2 is 0.875 bits per heavy atom. The second kappa shape index (κ2) is 46.8. The molecule has 0 aliphatic carbocycles. The minimum absolute atomic E-state index is 0.0402. The third-order valence-electron chi connectivity index (χ3n) is 12.0. The van der Waals surface area contributed by atoms with Gasteiger partial charge in [-0.3, -0.25) is 9.59 Å². The van der Waals surface area contributed by atoms with Gasteiger partial charge in [-0.05, 0) is 51.4 Å². The van der Waals surface area contributed by atoms with E-state index in [1.165, 1.54) is 135 Å². The number of aliphatic carboxylic acids is 1. The topological polar surface area (TPSA) is 102 Å². The van der Waals surface area contributed by atoms with Crippen LogP contribution in [0.15, 0.2) is 48.6 Å². The van der Waals surface area contributed by atoms with Crippen molar-refractivity contribution in [3.05, 3.63) is 48.6 Å². The van der Waals surface area contributed by atoms with Gasteiger partial charge in [-0.2, -0.15) is 0 Å². The average Bonchev–Trinajstić information content (AvgIpc) is 3.26. The number of allylic oxidation sites excluding steroid dienone is 8. The molecule has 0 aliphatic heterocycles. The van der Waals surface area contributed by atoms with E-state index in [2.05, 4.69) is 62.5 Å². The van der Waals surface area contributed by atoms with Crippen molar-refractivity contribution in [3.63, 3.8) is 0 Å². The summed E-state index contributed by atoms with van der Waals surface area (Å²) < 4.78 is 17.3. The minimum Gasteiger partial charge on any atom is -0.544 e. The molecule has 2 unspecified atom stereocenters. The Morgan fingerprint density at radius 1 is 0.484 bits per heavy atom. The fourth-order valence-electron chi connectivity index (χ4n) is 7.89. The lowest BCUT2D eigenvalue weighted by molar-refractivity contribution is -0.889. The molecule has 372 valence electrons. The Bertz CT molecular complexity index is 1190. The molecule has 0 amide bonds. The molecule has 0 fully saturated rings. The zero-order valence-electron chi connectivity index (χ0n) is 42.4. The number of ether oxygens (including phenoxy) is 3. The smallest absolute Gasteiger partial charge is 0.306 e. The number of rotatable bonds is 48. The van der Waals surface area contributed by atoms with E-state index < -0.39 is 18.1 Å². The summed E-state index contributed by atoms with van der Waals surface area (Å²) in [6.07, 6.45) is 57.1. The van der Waals surface area contributed by atoms with Gasteiger partial charge in [0.25, 0.3) is 0 Å². The number of carboxylic acids is 1. The molecule has 8 heteroatoms. The van der Waals surface area contributed by atoms with Crippen LogP contribution in [0.25, 0.3) is 0 Å². The summed E-state index contributed by atoms with van der Waals surface area (Å²) in [5, 5.41) is 11.7. The fourth-order valence-corrected chi connectivity index (χ4v) is 7.89. The van der Waals surface area contributed by atoms with E-state index in [4.69, 9.17) is 14.2 Å². The molecule has 0 radical (unpaired) electrons. The lowest BCUT2D eigenvalue weighted by atomic mass is 10.0. The summed E-state index contributed by atoms with van der Waals surface area (Å²) in [6.45, 7) is 4.58. The zero-order chi connectivity index (χ0) is 47.0. The number of hydrogen-bond acceptors (Lipinski definition) is 7. The van der Waals surface area contributed by atoms with E-state index >= 15 is 0 Å². The molecule has 0 aromatic rings. The fraction of sp³-hybridized carbons (Fsp3) is 0.804. The van der Waals surface area contributed by atoms with Crippen LogP contribution in [0, 0.1) is 0 Å². The Hall–Kier alpha value is -2.71. The maximum atomic E-state index is 12.8. The highest BCUT2D eigenvalue weighted by atomic mass is 16.6. The van der Waals surface area contributed by atoms with Crippen molar-refractivity contribution in [2.75, 3.05) is 41.0 Å². The normalized spacial score (nSPS) is 13.2. The van der Waals surface area contributed by atoms with Crippen LogP contribution in [0.2, 0.25) is 0 Å². The minimum atomic E-state index is -1.12. The highest BCUT2D eigenvalue weighted by Crippen LogP contribution is 2.16. The van der Waals surface area contributed by atoms with Gasteiger partial charge in [-0.15, -0.1) is 0 Å². The number of nitrogens with zero attached hydrogens (tertiary/aromatic N) is 1. The van der Waals surface area contributed by atoms with Crippen molar-refractivity contribution in [3.8, 4) is 0 Å². The van der Waals surface area contributed by atoms with Gasteiger partial charge >= 0.3 is 11.9 Å². The van der Waals surface area contributed by atoms with Crippen LogP contribution in [0.5, 0.6) is 0 Å². The van der Waals surface area contributed by atoms with Gasteiger partial charge in [0, 0.05) is 19.3 Å². The van der Waals surface area contributed by atoms with E-state index in [-0.39, 0.29) is 42.7 Å². The molecule has 0 aliphatic rings. The quantitative estimate of drug-likeness (QED) is 0.0259. The third kappa shape index (κ3) is 44.5. The highest BCUT2D eigenvalue weighted by Gasteiger charge is 2.25. The lowest BCUT2D eigenvalue weighted by Gasteiger charge is -2.34. The van der Waals surface area contributed by atoms with Gasteiger partial charge < -0.3 is 28.6 Å². The Morgan fingerprint density at radius 3 is 1.30 bits per heavy atom. The van der Waals surface area contributed by atoms with Crippen LogP contribution < -0.4 is 5.11 Å². The van der Waals surface area contributed by atoms with Gasteiger partial charge in [0.2, 0.25) is 0 Å². The first-order valence-corrected chi connectivity index (χ1v) is 26.7. The Kier molecular flexibility index (Phi) is 44.8. The number of quaternary nitrogens is 1. The van der Waals surface area contributed by atoms with Crippen molar-refractivity contribution < 1.29 is 38.2 Å². The Balaban J connectivity index is 4.21. The van der Waals surface area contributed by atoms with Gasteiger partial charge in [-0.1, -0.05) is 217 Å². The summed E-state index contributed by atoms with van der Waals surface area (Å²) in [5.41, 5.74) is 0. The number of hydrogen-bond donors (Lipinski definition) is 0. The largest absolute Gasteiger partial charge is 0.544 e. The predicted molar refractivity (Wildman–Crippen MR) is 268 cm³/mol. The molecule has 8 nitrogen and oxygen atoms in total. The summed E-state index contributed by atoms with van der Waals surface area (Å²) in [5.74, 6) is -1.73. The summed E-state index contributed by atoms with van der Waals surface area (Å²) in [6, 6.07) is -0.727. The van der Waals surface area contributed by atoms with Crippen LogP contribution in [0.1, 0.15) is 239 Å². The number of unbranched alkanes of at least 4 members (excludes halogenated alkanes) is 26. The van der Waals surface area contributed by atoms with Crippen molar-refractivity contribution in [2.24, 2.45) is 0 Å².